The second-order valence-electron chi connectivity index (χ2n) is 4.28. The van der Waals surface area contributed by atoms with Crippen LogP contribution in [0.3, 0.4) is 0 Å². The molecule has 0 saturated carbocycles. The molecule has 0 radical (unpaired) electrons. The first kappa shape index (κ1) is 12.7. The van der Waals surface area contributed by atoms with Gasteiger partial charge in [-0.2, -0.15) is 0 Å². The number of rotatable bonds is 3. The Balaban J connectivity index is 2.12. The van der Waals surface area contributed by atoms with Crippen LogP contribution in [0.4, 0.5) is 0 Å². The minimum Gasteiger partial charge on any atom is -0.504 e. The molecule has 1 unspecified atom stereocenters. The first-order valence-corrected chi connectivity index (χ1v) is 5.84. The number of methoxy groups -OCH3 is 2. The van der Waals surface area contributed by atoms with Crippen LogP contribution in [0, 0.1) is 0 Å². The maximum Gasteiger partial charge on any atom is 0.254 e. The summed E-state index contributed by atoms with van der Waals surface area (Å²) in [6.45, 7) is 1.28. The second kappa shape index (κ2) is 5.27. The van der Waals surface area contributed by atoms with Gasteiger partial charge < -0.3 is 19.5 Å². The molecule has 1 aliphatic heterocycles. The number of phenols is 1. The number of carbonyl (C=O) groups excluding carboxylic acids is 1. The van der Waals surface area contributed by atoms with Gasteiger partial charge in [0.05, 0.1) is 13.2 Å². The van der Waals surface area contributed by atoms with Crippen molar-refractivity contribution in [1.29, 1.82) is 0 Å². The van der Waals surface area contributed by atoms with E-state index in [1.54, 1.807) is 24.1 Å². The third kappa shape index (κ3) is 2.41. The predicted molar refractivity (Wildman–Crippen MR) is 66.0 cm³/mol. The minimum atomic E-state index is -0.0903. The number of phenolic OH excluding ortho intramolecular Hbond substituents is 1. The van der Waals surface area contributed by atoms with E-state index in [0.717, 1.165) is 6.42 Å². The summed E-state index contributed by atoms with van der Waals surface area (Å²) in [5.41, 5.74) is 0.463. The highest BCUT2D eigenvalue weighted by molar-refractivity contribution is 5.95. The molecular formula is C13H17NO4. The smallest absolute Gasteiger partial charge is 0.254 e. The number of benzene rings is 1. The summed E-state index contributed by atoms with van der Waals surface area (Å²) >= 11 is 0. The van der Waals surface area contributed by atoms with E-state index in [2.05, 4.69) is 0 Å². The summed E-state index contributed by atoms with van der Waals surface area (Å²) < 4.78 is 10.2. The number of hydrogen-bond acceptors (Lipinski definition) is 4. The van der Waals surface area contributed by atoms with Gasteiger partial charge in [0.25, 0.3) is 5.91 Å². The molecule has 0 aromatic heterocycles. The van der Waals surface area contributed by atoms with Gasteiger partial charge in [0, 0.05) is 25.8 Å². The summed E-state index contributed by atoms with van der Waals surface area (Å²) in [6, 6.07) is 4.68. The fourth-order valence-corrected chi connectivity index (χ4v) is 2.11. The average molecular weight is 251 g/mol. The molecule has 1 N–H and O–H groups in total. The van der Waals surface area contributed by atoms with Crippen molar-refractivity contribution in [3.63, 3.8) is 0 Å². The van der Waals surface area contributed by atoms with Gasteiger partial charge in [-0.15, -0.1) is 0 Å². The largest absolute Gasteiger partial charge is 0.504 e. The Morgan fingerprint density at radius 2 is 2.22 bits per heavy atom. The molecule has 98 valence electrons. The highest BCUT2D eigenvalue weighted by Gasteiger charge is 2.27. The fraction of sp³-hybridized carbons (Fsp3) is 0.462. The van der Waals surface area contributed by atoms with Crippen LogP contribution in [-0.4, -0.2) is 49.3 Å². The molecule has 5 nitrogen and oxygen atoms in total. The van der Waals surface area contributed by atoms with Crippen molar-refractivity contribution >= 4 is 5.91 Å². The van der Waals surface area contributed by atoms with Crippen LogP contribution in [0.15, 0.2) is 18.2 Å². The topological polar surface area (TPSA) is 59.0 Å². The first-order chi connectivity index (χ1) is 8.65. The van der Waals surface area contributed by atoms with Crippen molar-refractivity contribution in [2.24, 2.45) is 0 Å². The van der Waals surface area contributed by atoms with Crippen LogP contribution in [0.25, 0.3) is 0 Å². The third-order valence-electron chi connectivity index (χ3n) is 3.19. The summed E-state index contributed by atoms with van der Waals surface area (Å²) in [5, 5.41) is 9.66. The Kier molecular flexibility index (Phi) is 3.72. The molecule has 2 rings (SSSR count). The predicted octanol–water partition coefficient (Wildman–Crippen LogP) is 1.26. The van der Waals surface area contributed by atoms with Gasteiger partial charge in [-0.05, 0) is 24.6 Å². The Labute approximate surface area is 106 Å². The molecule has 1 amide bonds. The molecular weight excluding hydrogens is 234 g/mol. The molecule has 1 saturated heterocycles. The second-order valence-corrected chi connectivity index (χ2v) is 4.28. The Morgan fingerprint density at radius 3 is 2.78 bits per heavy atom. The quantitative estimate of drug-likeness (QED) is 0.878. The number of ether oxygens (including phenoxy) is 2. The summed E-state index contributed by atoms with van der Waals surface area (Å²) in [5.74, 6) is 0.251. The standard InChI is InChI=1S/C13H17NO4/c1-17-10-5-6-14(8-10)13(16)9-3-4-12(18-2)11(15)7-9/h3-4,7,10,15H,5-6,8H2,1-2H3. The molecule has 1 heterocycles. The van der Waals surface area contributed by atoms with Gasteiger partial charge in [0.15, 0.2) is 11.5 Å². The van der Waals surface area contributed by atoms with Crippen LogP contribution >= 0.6 is 0 Å². The van der Waals surface area contributed by atoms with E-state index < -0.39 is 0 Å². The van der Waals surface area contributed by atoms with Crippen molar-refractivity contribution in [2.45, 2.75) is 12.5 Å². The van der Waals surface area contributed by atoms with Crippen LogP contribution < -0.4 is 4.74 Å². The zero-order chi connectivity index (χ0) is 13.1. The van der Waals surface area contributed by atoms with Gasteiger partial charge in [-0.3, -0.25) is 4.79 Å². The lowest BCUT2D eigenvalue weighted by atomic mass is 10.2. The van der Waals surface area contributed by atoms with Gasteiger partial charge in [0.1, 0.15) is 0 Å². The zero-order valence-electron chi connectivity index (χ0n) is 10.5. The maximum absolute atomic E-state index is 12.2. The average Bonchev–Trinajstić information content (AvgIpc) is 2.86. The zero-order valence-corrected chi connectivity index (χ0v) is 10.5. The van der Waals surface area contributed by atoms with Crippen LogP contribution in [0.5, 0.6) is 11.5 Å². The normalized spacial score (nSPS) is 19.0. The number of likely N-dealkylation sites (tertiary alicyclic amines) is 1. The molecule has 1 fully saturated rings. The number of carbonyl (C=O) groups is 1. The molecule has 1 aromatic carbocycles. The Bertz CT molecular complexity index is 447. The first-order valence-electron chi connectivity index (χ1n) is 5.84. The van der Waals surface area contributed by atoms with Crippen molar-refractivity contribution in [3.8, 4) is 11.5 Å². The van der Waals surface area contributed by atoms with Gasteiger partial charge in [-0.25, -0.2) is 0 Å². The van der Waals surface area contributed by atoms with Crippen LogP contribution in [-0.2, 0) is 4.74 Å². The fourth-order valence-electron chi connectivity index (χ4n) is 2.11. The lowest BCUT2D eigenvalue weighted by Gasteiger charge is -2.16. The number of nitrogens with zero attached hydrogens (tertiary/aromatic N) is 1. The van der Waals surface area contributed by atoms with Crippen molar-refractivity contribution in [1.82, 2.24) is 4.90 Å². The van der Waals surface area contributed by atoms with Gasteiger partial charge >= 0.3 is 0 Å². The molecule has 0 bridgehead atoms. The number of aromatic hydroxyl groups is 1. The van der Waals surface area contributed by atoms with E-state index in [-0.39, 0.29) is 17.8 Å². The molecule has 1 aromatic rings. The van der Waals surface area contributed by atoms with E-state index in [4.69, 9.17) is 9.47 Å². The lowest BCUT2D eigenvalue weighted by molar-refractivity contribution is 0.0724. The van der Waals surface area contributed by atoms with E-state index in [1.807, 2.05) is 0 Å². The van der Waals surface area contributed by atoms with Crippen LogP contribution in [0.2, 0.25) is 0 Å². The molecule has 1 aliphatic rings. The van der Waals surface area contributed by atoms with E-state index in [9.17, 15) is 9.90 Å². The molecule has 5 heteroatoms. The highest BCUT2D eigenvalue weighted by atomic mass is 16.5. The molecule has 0 spiro atoms. The monoisotopic (exact) mass is 251 g/mol. The van der Waals surface area contributed by atoms with Gasteiger partial charge in [0.2, 0.25) is 0 Å². The molecule has 1 atom stereocenters. The molecule has 0 aliphatic carbocycles. The van der Waals surface area contributed by atoms with E-state index >= 15 is 0 Å². The van der Waals surface area contributed by atoms with Crippen molar-refractivity contribution in [2.75, 3.05) is 27.3 Å². The summed E-state index contributed by atoms with van der Waals surface area (Å²) in [6.07, 6.45) is 0.963. The summed E-state index contributed by atoms with van der Waals surface area (Å²) in [4.78, 5) is 13.9. The number of amides is 1. The van der Waals surface area contributed by atoms with E-state index in [0.29, 0.717) is 24.4 Å². The maximum atomic E-state index is 12.2. The Hall–Kier alpha value is -1.75. The van der Waals surface area contributed by atoms with Crippen LogP contribution in [0.1, 0.15) is 16.8 Å². The van der Waals surface area contributed by atoms with E-state index in [1.165, 1.54) is 13.2 Å². The van der Waals surface area contributed by atoms with Crippen molar-refractivity contribution in [3.05, 3.63) is 23.8 Å². The van der Waals surface area contributed by atoms with Crippen molar-refractivity contribution < 1.29 is 19.4 Å². The Morgan fingerprint density at radius 1 is 1.44 bits per heavy atom. The summed E-state index contributed by atoms with van der Waals surface area (Å²) in [7, 11) is 3.12. The number of hydrogen-bond donors (Lipinski definition) is 1. The lowest BCUT2D eigenvalue weighted by Crippen LogP contribution is -2.29. The third-order valence-corrected chi connectivity index (χ3v) is 3.19. The minimum absolute atomic E-state index is 0.0224. The molecule has 18 heavy (non-hydrogen) atoms. The van der Waals surface area contributed by atoms with Gasteiger partial charge in [-0.1, -0.05) is 0 Å². The highest BCUT2D eigenvalue weighted by Crippen LogP contribution is 2.27. The SMILES string of the molecule is COc1ccc(C(=O)N2CCC(OC)C2)cc1O.